The highest BCUT2D eigenvalue weighted by Gasteiger charge is 2.06. The molecule has 0 aliphatic rings. The van der Waals surface area contributed by atoms with Crippen LogP contribution in [0.1, 0.15) is 36.0 Å². The molecule has 0 bridgehead atoms. The molecule has 1 atom stereocenters. The highest BCUT2D eigenvalue weighted by Crippen LogP contribution is 2.15. The van der Waals surface area contributed by atoms with Gasteiger partial charge in [-0.1, -0.05) is 36.8 Å². The Balaban J connectivity index is 0.00000312. The van der Waals surface area contributed by atoms with Crippen molar-refractivity contribution in [3.05, 3.63) is 53.3 Å². The number of rotatable bonds is 7. The monoisotopic (exact) mass is 455 g/mol. The molecule has 0 spiro atoms. The first-order valence-electron chi connectivity index (χ1n) is 8.57. The molecule has 0 aliphatic carbocycles. The third-order valence-corrected chi connectivity index (χ3v) is 4.10. The summed E-state index contributed by atoms with van der Waals surface area (Å²) in [5, 5.41) is 11.0. The van der Waals surface area contributed by atoms with Gasteiger partial charge < -0.3 is 10.6 Å². The van der Waals surface area contributed by atoms with E-state index in [0.717, 1.165) is 31.9 Å². The molecule has 0 saturated carbocycles. The van der Waals surface area contributed by atoms with Gasteiger partial charge in [-0.2, -0.15) is 5.10 Å². The fraction of sp³-hybridized carbons (Fsp3) is 0.474. The standard InChI is InChI=1S/C19H29N5.HI/c1-15-7-5-9-18(11-15)16(2)12-22-19(20-3)21-10-6-8-17-13-23-24(4)14-17;/h5,7,9,11,13-14,16H,6,8,10,12H2,1-4H3,(H2,20,21,22);1H. The number of hydrogen-bond acceptors (Lipinski definition) is 2. The van der Waals surface area contributed by atoms with Crippen molar-refractivity contribution in [2.75, 3.05) is 20.1 Å². The Morgan fingerprint density at radius 1 is 1.32 bits per heavy atom. The van der Waals surface area contributed by atoms with E-state index < -0.39 is 0 Å². The van der Waals surface area contributed by atoms with E-state index in [-0.39, 0.29) is 24.0 Å². The van der Waals surface area contributed by atoms with Crippen LogP contribution in [0.4, 0.5) is 0 Å². The van der Waals surface area contributed by atoms with Crippen LogP contribution in [0.2, 0.25) is 0 Å². The quantitative estimate of drug-likeness (QED) is 0.292. The van der Waals surface area contributed by atoms with E-state index in [4.69, 9.17) is 0 Å². The zero-order valence-corrected chi connectivity index (χ0v) is 18.0. The Labute approximate surface area is 168 Å². The molecular formula is C19H30IN5. The van der Waals surface area contributed by atoms with Gasteiger partial charge in [0.15, 0.2) is 5.96 Å². The van der Waals surface area contributed by atoms with Gasteiger partial charge in [0.2, 0.25) is 0 Å². The Bertz CT molecular complexity index is 665. The van der Waals surface area contributed by atoms with Crippen LogP contribution < -0.4 is 10.6 Å². The van der Waals surface area contributed by atoms with Crippen LogP contribution in [-0.2, 0) is 13.5 Å². The van der Waals surface area contributed by atoms with E-state index in [2.05, 4.69) is 65.0 Å². The maximum atomic E-state index is 4.30. The van der Waals surface area contributed by atoms with Crippen molar-refractivity contribution in [2.45, 2.75) is 32.6 Å². The van der Waals surface area contributed by atoms with Crippen LogP contribution in [0, 0.1) is 6.92 Å². The van der Waals surface area contributed by atoms with Crippen LogP contribution >= 0.6 is 24.0 Å². The zero-order chi connectivity index (χ0) is 17.4. The van der Waals surface area contributed by atoms with E-state index in [1.54, 1.807) is 0 Å². The summed E-state index contributed by atoms with van der Waals surface area (Å²) in [6.07, 6.45) is 6.07. The van der Waals surface area contributed by atoms with E-state index in [1.165, 1.54) is 16.7 Å². The number of nitrogens with zero attached hydrogens (tertiary/aromatic N) is 3. The normalized spacial score (nSPS) is 12.4. The Morgan fingerprint density at radius 2 is 2.12 bits per heavy atom. The minimum Gasteiger partial charge on any atom is -0.356 e. The van der Waals surface area contributed by atoms with Crippen LogP contribution in [0.5, 0.6) is 0 Å². The minimum absolute atomic E-state index is 0. The maximum absolute atomic E-state index is 4.30. The van der Waals surface area contributed by atoms with Crippen molar-refractivity contribution in [3.63, 3.8) is 0 Å². The molecule has 0 saturated heterocycles. The molecule has 2 N–H and O–H groups in total. The van der Waals surface area contributed by atoms with Gasteiger partial charge in [0, 0.05) is 33.4 Å². The van der Waals surface area contributed by atoms with Crippen molar-refractivity contribution in [1.82, 2.24) is 20.4 Å². The molecule has 0 radical (unpaired) electrons. The van der Waals surface area contributed by atoms with Crippen molar-refractivity contribution < 1.29 is 0 Å². The van der Waals surface area contributed by atoms with Gasteiger partial charge in [0.05, 0.1) is 6.20 Å². The molecule has 5 nitrogen and oxygen atoms in total. The van der Waals surface area contributed by atoms with Gasteiger partial charge >= 0.3 is 0 Å². The van der Waals surface area contributed by atoms with Gasteiger partial charge in [0.1, 0.15) is 0 Å². The average molecular weight is 455 g/mol. The minimum atomic E-state index is 0. The Hall–Kier alpha value is -1.57. The molecule has 1 heterocycles. The summed E-state index contributed by atoms with van der Waals surface area (Å²) in [7, 11) is 3.76. The first-order valence-corrected chi connectivity index (χ1v) is 8.57. The number of benzene rings is 1. The third-order valence-electron chi connectivity index (χ3n) is 4.10. The number of aryl methyl sites for hydroxylation is 3. The Kier molecular flexibility index (Phi) is 9.55. The second-order valence-electron chi connectivity index (χ2n) is 6.32. The molecule has 2 aromatic rings. The summed E-state index contributed by atoms with van der Waals surface area (Å²) in [6, 6.07) is 8.68. The van der Waals surface area contributed by atoms with Crippen LogP contribution in [-0.4, -0.2) is 35.9 Å². The van der Waals surface area contributed by atoms with E-state index in [0.29, 0.717) is 5.92 Å². The number of hydrogen-bond donors (Lipinski definition) is 2. The second-order valence-corrected chi connectivity index (χ2v) is 6.32. The maximum Gasteiger partial charge on any atom is 0.190 e. The fourth-order valence-corrected chi connectivity index (χ4v) is 2.67. The smallest absolute Gasteiger partial charge is 0.190 e. The third kappa shape index (κ3) is 7.46. The first kappa shape index (κ1) is 21.5. The molecule has 138 valence electrons. The van der Waals surface area contributed by atoms with E-state index in [1.807, 2.05) is 25.0 Å². The number of aliphatic imine (C=N–C) groups is 1. The molecule has 1 unspecified atom stereocenters. The molecule has 0 amide bonds. The topological polar surface area (TPSA) is 54.2 Å². The molecular weight excluding hydrogens is 425 g/mol. The zero-order valence-electron chi connectivity index (χ0n) is 15.6. The van der Waals surface area contributed by atoms with Crippen LogP contribution in [0.3, 0.4) is 0 Å². The van der Waals surface area contributed by atoms with Gasteiger partial charge in [-0.05, 0) is 36.8 Å². The molecule has 1 aromatic heterocycles. The SMILES string of the molecule is CN=C(NCCCc1cnn(C)c1)NCC(C)c1cccc(C)c1.I. The Morgan fingerprint density at radius 3 is 2.76 bits per heavy atom. The van der Waals surface area contributed by atoms with Crippen molar-refractivity contribution >= 4 is 29.9 Å². The lowest BCUT2D eigenvalue weighted by molar-refractivity contribution is 0.688. The van der Waals surface area contributed by atoms with Gasteiger partial charge in [0.25, 0.3) is 0 Å². The molecule has 6 heteroatoms. The number of aromatic nitrogens is 2. The van der Waals surface area contributed by atoms with Crippen molar-refractivity contribution in [3.8, 4) is 0 Å². The van der Waals surface area contributed by atoms with Crippen molar-refractivity contribution in [2.24, 2.45) is 12.0 Å². The van der Waals surface area contributed by atoms with Crippen molar-refractivity contribution in [1.29, 1.82) is 0 Å². The summed E-state index contributed by atoms with van der Waals surface area (Å²) in [5.41, 5.74) is 3.93. The lowest BCUT2D eigenvalue weighted by Gasteiger charge is -2.16. The molecule has 0 aliphatic heterocycles. The number of halogens is 1. The van der Waals surface area contributed by atoms with E-state index in [9.17, 15) is 0 Å². The predicted molar refractivity (Wildman–Crippen MR) is 116 cm³/mol. The highest BCUT2D eigenvalue weighted by molar-refractivity contribution is 14.0. The largest absolute Gasteiger partial charge is 0.356 e. The van der Waals surface area contributed by atoms with E-state index >= 15 is 0 Å². The second kappa shape index (κ2) is 11.1. The summed E-state index contributed by atoms with van der Waals surface area (Å²) in [4.78, 5) is 4.30. The number of nitrogens with one attached hydrogen (secondary N) is 2. The molecule has 2 rings (SSSR count). The van der Waals surface area contributed by atoms with Crippen LogP contribution in [0.15, 0.2) is 41.7 Å². The lowest BCUT2D eigenvalue weighted by atomic mass is 9.99. The summed E-state index contributed by atoms with van der Waals surface area (Å²) in [5.74, 6) is 1.31. The number of guanidine groups is 1. The first-order chi connectivity index (χ1) is 11.6. The molecule has 1 aromatic carbocycles. The molecule has 0 fully saturated rings. The highest BCUT2D eigenvalue weighted by atomic mass is 127. The summed E-state index contributed by atoms with van der Waals surface area (Å²) in [6.45, 7) is 6.13. The molecule has 25 heavy (non-hydrogen) atoms. The summed E-state index contributed by atoms with van der Waals surface area (Å²) >= 11 is 0. The average Bonchev–Trinajstić information content (AvgIpc) is 2.99. The fourth-order valence-electron chi connectivity index (χ4n) is 2.67. The summed E-state index contributed by atoms with van der Waals surface area (Å²) < 4.78 is 1.84. The van der Waals surface area contributed by atoms with Gasteiger partial charge in [-0.3, -0.25) is 9.67 Å². The predicted octanol–water partition coefficient (Wildman–Crippen LogP) is 3.25. The van der Waals surface area contributed by atoms with Gasteiger partial charge in [-0.25, -0.2) is 0 Å². The lowest BCUT2D eigenvalue weighted by Crippen LogP contribution is -2.39. The van der Waals surface area contributed by atoms with Crippen LogP contribution in [0.25, 0.3) is 0 Å². The van der Waals surface area contributed by atoms with Gasteiger partial charge in [-0.15, -0.1) is 24.0 Å².